The van der Waals surface area contributed by atoms with Gasteiger partial charge in [-0.15, -0.1) is 11.3 Å². The van der Waals surface area contributed by atoms with E-state index in [0.717, 1.165) is 34.8 Å². The van der Waals surface area contributed by atoms with Crippen molar-refractivity contribution >= 4 is 53.4 Å². The second-order valence-corrected chi connectivity index (χ2v) is 17.9. The quantitative estimate of drug-likeness (QED) is 0.178. The zero-order valence-corrected chi connectivity index (χ0v) is 30.8. The normalized spacial score (nSPS) is 23.6. The number of para-hydroxylation sites is 1. The molecule has 9 aromatic rings. The Morgan fingerprint density at radius 3 is 1.89 bits per heavy atom. The molecule has 5 aliphatic rings. The van der Waals surface area contributed by atoms with Crippen LogP contribution in [-0.4, -0.2) is 0 Å². The van der Waals surface area contributed by atoms with Crippen LogP contribution in [0.1, 0.15) is 43.2 Å². The molecule has 0 radical (unpaired) electrons. The fraction of sp³-hybridized carbons (Fsp3) is 0.192. The molecule has 2 heterocycles. The van der Waals surface area contributed by atoms with E-state index in [1.54, 1.807) is 11.1 Å². The Hall–Kier alpha value is -5.44. The smallest absolute Gasteiger partial charge is 0.135 e. The van der Waals surface area contributed by atoms with Gasteiger partial charge in [0, 0.05) is 36.4 Å². The lowest BCUT2D eigenvalue weighted by Gasteiger charge is -2.61. The van der Waals surface area contributed by atoms with Gasteiger partial charge in [0.2, 0.25) is 0 Å². The van der Waals surface area contributed by atoms with E-state index < -0.39 is 0 Å². The molecule has 4 bridgehead atoms. The third kappa shape index (κ3) is 3.94. The van der Waals surface area contributed by atoms with Gasteiger partial charge in [-0.1, -0.05) is 109 Å². The van der Waals surface area contributed by atoms with Crippen LogP contribution in [0.25, 0.3) is 86.6 Å². The Morgan fingerprint density at radius 1 is 0.444 bits per heavy atom. The van der Waals surface area contributed by atoms with Gasteiger partial charge in [-0.3, -0.25) is 0 Å². The summed E-state index contributed by atoms with van der Waals surface area (Å²) in [5.41, 5.74) is 16.0. The maximum absolute atomic E-state index is 6.13. The summed E-state index contributed by atoms with van der Waals surface area (Å²) in [6, 6.07) is 55.1. The van der Waals surface area contributed by atoms with Crippen LogP contribution in [0.4, 0.5) is 0 Å². The van der Waals surface area contributed by atoms with Crippen molar-refractivity contribution in [2.24, 2.45) is 23.7 Å². The molecule has 0 atom stereocenters. The molecule has 4 saturated carbocycles. The van der Waals surface area contributed by atoms with Crippen LogP contribution < -0.4 is 0 Å². The van der Waals surface area contributed by atoms with Crippen molar-refractivity contribution in [1.82, 2.24) is 0 Å². The Balaban J connectivity index is 0.986. The first-order valence-corrected chi connectivity index (χ1v) is 20.7. The molecule has 5 aliphatic carbocycles. The standard InChI is InChI=1S/C52H38OS/c1-3-12-46-38(7-1)42-28-35(20-22-47(42)53-46)33-17-15-32(16-18-33)34-19-21-44-43(29-34)50-39(40-10-6-14-49-51(40)41-8-2-4-13-48(41)54-49)9-5-11-45(50)52(44)36-24-30-23-31(26-36)27-37(52)25-30/h1-22,28-31,36-37H,23-27H2. The first kappa shape index (κ1) is 29.9. The summed E-state index contributed by atoms with van der Waals surface area (Å²) in [4.78, 5) is 0. The number of rotatable bonds is 3. The van der Waals surface area contributed by atoms with E-state index in [0.29, 0.717) is 0 Å². The first-order valence-electron chi connectivity index (χ1n) is 19.9. The lowest BCUT2D eigenvalue weighted by atomic mass is 9.43. The fourth-order valence-corrected chi connectivity index (χ4v) is 13.5. The molecule has 14 rings (SSSR count). The molecule has 258 valence electrons. The molecule has 1 spiro atoms. The van der Waals surface area contributed by atoms with Gasteiger partial charge < -0.3 is 4.42 Å². The molecule has 0 unspecified atom stereocenters. The molecule has 0 saturated heterocycles. The van der Waals surface area contributed by atoms with Crippen LogP contribution in [0.3, 0.4) is 0 Å². The van der Waals surface area contributed by atoms with Crippen molar-refractivity contribution in [3.8, 4) is 44.5 Å². The average Bonchev–Trinajstić information content (AvgIpc) is 3.88. The van der Waals surface area contributed by atoms with E-state index in [4.69, 9.17) is 4.42 Å². The van der Waals surface area contributed by atoms with Gasteiger partial charge in [-0.05, 0) is 148 Å². The molecule has 2 aromatic heterocycles. The molecule has 0 aliphatic heterocycles. The molecule has 2 heteroatoms. The van der Waals surface area contributed by atoms with E-state index in [2.05, 4.69) is 140 Å². The Bertz CT molecular complexity index is 2980. The van der Waals surface area contributed by atoms with Crippen LogP contribution in [0.2, 0.25) is 0 Å². The van der Waals surface area contributed by atoms with Gasteiger partial charge in [-0.2, -0.15) is 0 Å². The highest BCUT2D eigenvalue weighted by molar-refractivity contribution is 7.25. The second-order valence-electron chi connectivity index (χ2n) is 16.8. The van der Waals surface area contributed by atoms with Crippen molar-refractivity contribution < 1.29 is 4.42 Å². The number of furan rings is 1. The summed E-state index contributed by atoms with van der Waals surface area (Å²) in [6.45, 7) is 0. The molecular weight excluding hydrogens is 673 g/mol. The lowest BCUT2D eigenvalue weighted by Crippen LogP contribution is -2.55. The van der Waals surface area contributed by atoms with Crippen molar-refractivity contribution in [3.63, 3.8) is 0 Å². The van der Waals surface area contributed by atoms with Crippen molar-refractivity contribution in [3.05, 3.63) is 157 Å². The van der Waals surface area contributed by atoms with Gasteiger partial charge in [-0.25, -0.2) is 0 Å². The van der Waals surface area contributed by atoms with Crippen molar-refractivity contribution in [1.29, 1.82) is 0 Å². The summed E-state index contributed by atoms with van der Waals surface area (Å²) in [7, 11) is 0. The highest BCUT2D eigenvalue weighted by Crippen LogP contribution is 2.70. The van der Waals surface area contributed by atoms with Gasteiger partial charge in [0.05, 0.1) is 0 Å². The highest BCUT2D eigenvalue weighted by atomic mass is 32.1. The van der Waals surface area contributed by atoms with Crippen LogP contribution >= 0.6 is 11.3 Å². The zero-order chi connectivity index (χ0) is 35.1. The Kier molecular flexibility index (Phi) is 6.01. The fourth-order valence-electron chi connectivity index (χ4n) is 12.4. The summed E-state index contributed by atoms with van der Waals surface area (Å²) in [5, 5.41) is 5.13. The molecule has 0 amide bonds. The topological polar surface area (TPSA) is 13.1 Å². The van der Waals surface area contributed by atoms with E-state index in [1.807, 2.05) is 17.4 Å². The minimum absolute atomic E-state index is 0.122. The monoisotopic (exact) mass is 710 g/mol. The largest absolute Gasteiger partial charge is 0.456 e. The minimum atomic E-state index is 0.122. The average molecular weight is 711 g/mol. The molecule has 7 aromatic carbocycles. The number of fused-ring (bicyclic) bond motifs is 9. The summed E-state index contributed by atoms with van der Waals surface area (Å²) < 4.78 is 8.87. The van der Waals surface area contributed by atoms with Crippen LogP contribution in [0.15, 0.2) is 150 Å². The second kappa shape index (κ2) is 10.8. The van der Waals surface area contributed by atoms with Crippen LogP contribution in [0.5, 0.6) is 0 Å². The van der Waals surface area contributed by atoms with Gasteiger partial charge >= 0.3 is 0 Å². The van der Waals surface area contributed by atoms with Gasteiger partial charge in [0.25, 0.3) is 0 Å². The molecule has 0 N–H and O–H groups in total. The number of thiophene rings is 1. The summed E-state index contributed by atoms with van der Waals surface area (Å²) >= 11 is 1.93. The van der Waals surface area contributed by atoms with Crippen LogP contribution in [-0.2, 0) is 5.41 Å². The SMILES string of the molecule is c1cc(-c2cccc3sc4ccccc4c23)c2c(c1)C1(c3ccc(-c4ccc(-c5ccc6oc7ccccc7c6c5)cc4)cc3-2)C2CC3CC(C2)CC1C3. The molecule has 1 nitrogen and oxygen atoms in total. The van der Waals surface area contributed by atoms with E-state index >= 15 is 0 Å². The minimum Gasteiger partial charge on any atom is -0.456 e. The molecular formula is C52H38OS. The number of hydrogen-bond donors (Lipinski definition) is 0. The Labute approximate surface area is 318 Å². The van der Waals surface area contributed by atoms with Gasteiger partial charge in [0.1, 0.15) is 11.2 Å². The maximum Gasteiger partial charge on any atom is 0.135 e. The first-order chi connectivity index (χ1) is 26.7. The Morgan fingerprint density at radius 2 is 1.07 bits per heavy atom. The summed E-state index contributed by atoms with van der Waals surface area (Å²) in [6.07, 6.45) is 7.04. The highest BCUT2D eigenvalue weighted by Gasteiger charge is 2.61. The van der Waals surface area contributed by atoms with Crippen LogP contribution in [0, 0.1) is 23.7 Å². The lowest BCUT2D eigenvalue weighted by molar-refractivity contribution is -0.0399. The maximum atomic E-state index is 6.13. The zero-order valence-electron chi connectivity index (χ0n) is 30.0. The van der Waals surface area contributed by atoms with Crippen molar-refractivity contribution in [2.75, 3.05) is 0 Å². The number of benzene rings is 7. The van der Waals surface area contributed by atoms with E-state index in [1.165, 1.54) is 108 Å². The summed E-state index contributed by atoms with van der Waals surface area (Å²) in [5.74, 6) is 3.31. The number of hydrogen-bond acceptors (Lipinski definition) is 2. The molecule has 54 heavy (non-hydrogen) atoms. The molecule has 4 fully saturated rings. The van der Waals surface area contributed by atoms with E-state index in [-0.39, 0.29) is 5.41 Å². The predicted molar refractivity (Wildman–Crippen MR) is 226 cm³/mol. The predicted octanol–water partition coefficient (Wildman–Crippen LogP) is 14.7. The van der Waals surface area contributed by atoms with Gasteiger partial charge in [0.15, 0.2) is 0 Å². The van der Waals surface area contributed by atoms with Crippen molar-refractivity contribution in [2.45, 2.75) is 37.5 Å². The third-order valence-electron chi connectivity index (χ3n) is 14.3. The third-order valence-corrected chi connectivity index (χ3v) is 15.4. The van der Waals surface area contributed by atoms with E-state index in [9.17, 15) is 0 Å².